The number of nitrogens with zero attached hydrogens (tertiary/aromatic N) is 1. The van der Waals surface area contributed by atoms with Gasteiger partial charge < -0.3 is 4.74 Å². The summed E-state index contributed by atoms with van der Waals surface area (Å²) in [7, 11) is 0. The van der Waals surface area contributed by atoms with Crippen LogP contribution >= 0.6 is 0 Å². The van der Waals surface area contributed by atoms with E-state index in [4.69, 9.17) is 4.74 Å². The van der Waals surface area contributed by atoms with E-state index in [1.54, 1.807) is 6.92 Å². The van der Waals surface area contributed by atoms with Crippen molar-refractivity contribution in [1.29, 1.82) is 0 Å². The SMILES string of the molecule is CCCCCCOC(=O)/C(C)=C/N=C=O. The van der Waals surface area contributed by atoms with Gasteiger partial charge in [0.25, 0.3) is 0 Å². The summed E-state index contributed by atoms with van der Waals surface area (Å²) in [5, 5.41) is 0. The van der Waals surface area contributed by atoms with Gasteiger partial charge in [0, 0.05) is 0 Å². The maximum Gasteiger partial charge on any atom is 0.335 e. The van der Waals surface area contributed by atoms with Gasteiger partial charge in [-0.2, -0.15) is 4.99 Å². The summed E-state index contributed by atoms with van der Waals surface area (Å²) in [6.45, 7) is 4.10. The molecule has 0 aromatic rings. The predicted octanol–water partition coefficient (Wildman–Crippen LogP) is 2.35. The number of esters is 1. The fourth-order valence-electron chi connectivity index (χ4n) is 0.983. The number of aliphatic imine (C=N–C) groups is 1. The van der Waals surface area contributed by atoms with Crippen LogP contribution in [-0.2, 0) is 14.3 Å². The van der Waals surface area contributed by atoms with Crippen LogP contribution in [0.2, 0.25) is 0 Å². The molecule has 0 fully saturated rings. The molecule has 0 rings (SSSR count). The monoisotopic (exact) mass is 211 g/mol. The molecule has 15 heavy (non-hydrogen) atoms. The first-order chi connectivity index (χ1) is 7.22. The zero-order valence-corrected chi connectivity index (χ0v) is 9.28. The Labute approximate surface area is 90.0 Å². The van der Waals surface area contributed by atoms with Gasteiger partial charge >= 0.3 is 5.97 Å². The van der Waals surface area contributed by atoms with Crippen molar-refractivity contribution >= 4 is 12.0 Å². The molecule has 0 unspecified atom stereocenters. The average Bonchev–Trinajstić information content (AvgIpc) is 2.25. The number of carbonyl (C=O) groups excluding carboxylic acids is 2. The highest BCUT2D eigenvalue weighted by atomic mass is 16.5. The number of ether oxygens (including phenoxy) is 1. The van der Waals surface area contributed by atoms with Crippen LogP contribution in [0.3, 0.4) is 0 Å². The van der Waals surface area contributed by atoms with Crippen molar-refractivity contribution in [3.63, 3.8) is 0 Å². The summed E-state index contributed by atoms with van der Waals surface area (Å²) >= 11 is 0. The first kappa shape index (κ1) is 13.6. The molecule has 0 aromatic heterocycles. The molecule has 0 heterocycles. The van der Waals surface area contributed by atoms with Gasteiger partial charge in [-0.25, -0.2) is 9.59 Å². The molecule has 0 bridgehead atoms. The molecule has 0 radical (unpaired) electrons. The van der Waals surface area contributed by atoms with Gasteiger partial charge in [0.05, 0.1) is 18.4 Å². The van der Waals surface area contributed by atoms with Crippen LogP contribution in [0.5, 0.6) is 0 Å². The normalized spacial score (nSPS) is 10.7. The molecular weight excluding hydrogens is 194 g/mol. The topological polar surface area (TPSA) is 55.7 Å². The van der Waals surface area contributed by atoms with E-state index < -0.39 is 5.97 Å². The van der Waals surface area contributed by atoms with Gasteiger partial charge in [-0.15, -0.1) is 0 Å². The van der Waals surface area contributed by atoms with Crippen LogP contribution in [0.4, 0.5) is 0 Å². The lowest BCUT2D eigenvalue weighted by Crippen LogP contribution is -2.06. The molecule has 0 atom stereocenters. The van der Waals surface area contributed by atoms with E-state index in [0.29, 0.717) is 12.2 Å². The van der Waals surface area contributed by atoms with Gasteiger partial charge in [0.15, 0.2) is 0 Å². The van der Waals surface area contributed by atoms with Crippen LogP contribution in [0, 0.1) is 0 Å². The molecule has 0 aromatic carbocycles. The van der Waals surface area contributed by atoms with Crippen molar-refractivity contribution in [3.8, 4) is 0 Å². The minimum Gasteiger partial charge on any atom is -0.462 e. The number of hydrogen-bond donors (Lipinski definition) is 0. The molecule has 0 aliphatic carbocycles. The maximum atomic E-state index is 11.2. The van der Waals surface area contributed by atoms with Crippen molar-refractivity contribution in [3.05, 3.63) is 11.8 Å². The summed E-state index contributed by atoms with van der Waals surface area (Å²) in [6, 6.07) is 0. The Morgan fingerprint density at radius 1 is 1.40 bits per heavy atom. The summed E-state index contributed by atoms with van der Waals surface area (Å²) in [6.07, 6.45) is 6.74. The minimum absolute atomic E-state index is 0.314. The van der Waals surface area contributed by atoms with Crippen molar-refractivity contribution < 1.29 is 14.3 Å². The fraction of sp³-hybridized carbons (Fsp3) is 0.636. The molecular formula is C11H17NO3. The number of carbonyl (C=O) groups is 1. The Morgan fingerprint density at radius 3 is 2.73 bits per heavy atom. The third-order valence-corrected chi connectivity index (χ3v) is 1.86. The van der Waals surface area contributed by atoms with E-state index in [9.17, 15) is 9.59 Å². The molecule has 0 amide bonds. The first-order valence-corrected chi connectivity index (χ1v) is 5.13. The van der Waals surface area contributed by atoms with E-state index in [-0.39, 0.29) is 0 Å². The summed E-state index contributed by atoms with van der Waals surface area (Å²) in [5.74, 6) is -0.425. The third-order valence-electron chi connectivity index (χ3n) is 1.86. The number of isocyanates is 1. The Morgan fingerprint density at radius 2 is 2.13 bits per heavy atom. The lowest BCUT2D eigenvalue weighted by atomic mass is 10.2. The molecule has 4 nitrogen and oxygen atoms in total. The van der Waals surface area contributed by atoms with Gasteiger partial charge in [-0.3, -0.25) is 0 Å². The van der Waals surface area contributed by atoms with Crippen molar-refractivity contribution in [2.45, 2.75) is 39.5 Å². The van der Waals surface area contributed by atoms with Crippen LogP contribution in [-0.4, -0.2) is 18.7 Å². The Hall–Kier alpha value is -1.41. The Kier molecular flexibility index (Phi) is 8.30. The molecule has 0 saturated carbocycles. The molecule has 0 aliphatic rings. The van der Waals surface area contributed by atoms with Crippen LogP contribution < -0.4 is 0 Å². The smallest absolute Gasteiger partial charge is 0.335 e. The summed E-state index contributed by atoms with van der Waals surface area (Å²) in [5.41, 5.74) is 0.314. The van der Waals surface area contributed by atoms with E-state index >= 15 is 0 Å². The quantitative estimate of drug-likeness (QED) is 0.213. The lowest BCUT2D eigenvalue weighted by Gasteiger charge is -2.03. The second kappa shape index (κ2) is 9.16. The van der Waals surface area contributed by atoms with E-state index in [2.05, 4.69) is 11.9 Å². The van der Waals surface area contributed by atoms with Gasteiger partial charge in [-0.05, 0) is 13.3 Å². The van der Waals surface area contributed by atoms with Crippen molar-refractivity contribution in [1.82, 2.24) is 0 Å². The van der Waals surface area contributed by atoms with Crippen LogP contribution in [0.1, 0.15) is 39.5 Å². The number of unbranched alkanes of at least 4 members (excludes halogenated alkanes) is 3. The van der Waals surface area contributed by atoms with Crippen molar-refractivity contribution in [2.75, 3.05) is 6.61 Å². The predicted molar refractivity (Wildman–Crippen MR) is 57.0 cm³/mol. The zero-order chi connectivity index (χ0) is 11.5. The summed E-state index contributed by atoms with van der Waals surface area (Å²) < 4.78 is 4.95. The van der Waals surface area contributed by atoms with E-state index in [0.717, 1.165) is 31.9 Å². The van der Waals surface area contributed by atoms with Gasteiger partial charge in [-0.1, -0.05) is 26.2 Å². The minimum atomic E-state index is -0.425. The molecule has 0 aliphatic heterocycles. The highest BCUT2D eigenvalue weighted by Crippen LogP contribution is 2.01. The Balaban J connectivity index is 3.69. The highest BCUT2D eigenvalue weighted by Gasteiger charge is 2.04. The number of rotatable bonds is 7. The fourth-order valence-corrected chi connectivity index (χ4v) is 0.983. The number of hydrogen-bond acceptors (Lipinski definition) is 4. The maximum absolute atomic E-state index is 11.2. The average molecular weight is 211 g/mol. The van der Waals surface area contributed by atoms with Gasteiger partial charge in [0.1, 0.15) is 0 Å². The van der Waals surface area contributed by atoms with E-state index in [1.807, 2.05) is 0 Å². The lowest BCUT2D eigenvalue weighted by molar-refractivity contribution is -0.139. The molecule has 0 spiro atoms. The van der Waals surface area contributed by atoms with Gasteiger partial charge in [0.2, 0.25) is 6.08 Å². The second-order valence-electron chi connectivity index (χ2n) is 3.23. The largest absolute Gasteiger partial charge is 0.462 e. The van der Waals surface area contributed by atoms with Crippen molar-refractivity contribution in [2.24, 2.45) is 4.99 Å². The Bertz CT molecular complexity index is 265. The molecule has 0 saturated heterocycles. The third kappa shape index (κ3) is 7.65. The second-order valence-corrected chi connectivity index (χ2v) is 3.23. The van der Waals surface area contributed by atoms with Crippen LogP contribution in [0.15, 0.2) is 16.8 Å². The molecule has 4 heteroatoms. The highest BCUT2D eigenvalue weighted by molar-refractivity contribution is 5.87. The van der Waals surface area contributed by atoms with E-state index in [1.165, 1.54) is 6.08 Å². The standard InChI is InChI=1S/C11H17NO3/c1-3-4-5-6-7-15-11(14)10(2)8-12-9-13/h8H,3-7H2,1-2H3/b10-8+. The zero-order valence-electron chi connectivity index (χ0n) is 9.28. The summed E-state index contributed by atoms with van der Waals surface area (Å²) in [4.78, 5) is 24.2. The molecule has 84 valence electrons. The molecule has 0 N–H and O–H groups in total. The first-order valence-electron chi connectivity index (χ1n) is 5.13. The van der Waals surface area contributed by atoms with Crippen LogP contribution in [0.25, 0.3) is 0 Å².